The second kappa shape index (κ2) is 8.49. The van der Waals surface area contributed by atoms with E-state index in [9.17, 15) is 0 Å². The van der Waals surface area contributed by atoms with Crippen LogP contribution in [0.4, 0.5) is 5.95 Å². The van der Waals surface area contributed by atoms with Crippen molar-refractivity contribution < 1.29 is 9.84 Å². The Kier molecular flexibility index (Phi) is 5.62. The number of ether oxygens (including phenoxy) is 1. The van der Waals surface area contributed by atoms with Crippen LogP contribution in [0.2, 0.25) is 0 Å². The molecule has 1 aliphatic rings. The number of nitrogens with zero attached hydrogens (tertiary/aromatic N) is 3. The molecule has 6 nitrogen and oxygen atoms in total. The topological polar surface area (TPSA) is 72.2 Å². The molecule has 1 aromatic heterocycles. The molecule has 2 aromatic carbocycles. The van der Waals surface area contributed by atoms with E-state index < -0.39 is 0 Å². The van der Waals surface area contributed by atoms with E-state index in [1.165, 1.54) is 5.56 Å². The number of allylic oxidation sites excluding steroid dienone is 1. The molecule has 0 radical (unpaired) electrons. The molecule has 0 bridgehead atoms. The first-order valence-corrected chi connectivity index (χ1v) is 10.0. The third-order valence-electron chi connectivity index (χ3n) is 4.96. The largest absolute Gasteiger partial charge is 0.494 e. The molecule has 0 fully saturated rings. The molecule has 2 heterocycles. The van der Waals surface area contributed by atoms with Crippen LogP contribution in [0.5, 0.6) is 5.75 Å². The lowest BCUT2D eigenvalue weighted by Crippen LogP contribution is -2.20. The number of aromatic nitrogens is 3. The van der Waals surface area contributed by atoms with Gasteiger partial charge >= 0.3 is 0 Å². The number of nitrogens with one attached hydrogen (secondary N) is 1. The zero-order valence-corrected chi connectivity index (χ0v) is 16.8. The van der Waals surface area contributed by atoms with Gasteiger partial charge in [-0.15, -0.1) is 0 Å². The quantitative estimate of drug-likeness (QED) is 0.639. The molecule has 6 heteroatoms. The lowest BCUT2D eigenvalue weighted by atomic mass is 10.0. The van der Waals surface area contributed by atoms with Gasteiger partial charge in [-0.3, -0.25) is 0 Å². The number of rotatable bonds is 7. The van der Waals surface area contributed by atoms with Gasteiger partial charge in [0.05, 0.1) is 6.61 Å². The summed E-state index contributed by atoms with van der Waals surface area (Å²) < 4.78 is 7.50. The summed E-state index contributed by atoms with van der Waals surface area (Å²) in [6, 6.07) is 16.5. The maximum Gasteiger partial charge on any atom is 0.226 e. The summed E-state index contributed by atoms with van der Waals surface area (Å²) in [5.74, 6) is 2.31. The van der Waals surface area contributed by atoms with Gasteiger partial charge in [-0.2, -0.15) is 10.1 Å². The van der Waals surface area contributed by atoms with E-state index in [1.807, 2.05) is 23.7 Å². The second-order valence-electron chi connectivity index (χ2n) is 7.14. The second-order valence-corrected chi connectivity index (χ2v) is 7.14. The summed E-state index contributed by atoms with van der Waals surface area (Å²) in [5.41, 5.74) is 4.46. The fourth-order valence-corrected chi connectivity index (χ4v) is 3.45. The van der Waals surface area contributed by atoms with Crippen molar-refractivity contribution in [1.29, 1.82) is 0 Å². The van der Waals surface area contributed by atoms with E-state index in [1.54, 1.807) is 0 Å². The van der Waals surface area contributed by atoms with E-state index in [0.29, 0.717) is 19.4 Å². The van der Waals surface area contributed by atoms with E-state index in [2.05, 4.69) is 59.7 Å². The molecule has 2 N–H and O–H groups in total. The smallest absolute Gasteiger partial charge is 0.226 e. The number of fused-ring (bicyclic) bond motifs is 1. The Morgan fingerprint density at radius 1 is 1.10 bits per heavy atom. The highest BCUT2D eigenvalue weighted by Gasteiger charge is 2.25. The van der Waals surface area contributed by atoms with Crippen LogP contribution >= 0.6 is 0 Å². The minimum atomic E-state index is -0.0754. The zero-order valence-electron chi connectivity index (χ0n) is 16.8. The van der Waals surface area contributed by atoms with Crippen molar-refractivity contribution in [1.82, 2.24) is 14.8 Å². The minimum Gasteiger partial charge on any atom is -0.494 e. The molecule has 0 saturated heterocycles. The van der Waals surface area contributed by atoms with Gasteiger partial charge < -0.3 is 15.2 Å². The van der Waals surface area contributed by atoms with Crippen molar-refractivity contribution in [2.45, 2.75) is 32.7 Å². The van der Waals surface area contributed by atoms with Crippen LogP contribution in [0.3, 0.4) is 0 Å². The average Bonchev–Trinajstić information content (AvgIpc) is 3.16. The summed E-state index contributed by atoms with van der Waals surface area (Å²) in [6.45, 7) is 4.84. The van der Waals surface area contributed by atoms with Gasteiger partial charge in [-0.05, 0) is 49.6 Å². The molecular formula is C23H26N4O2. The molecule has 3 aromatic rings. The normalized spacial score (nSPS) is 15.4. The number of aliphatic hydroxyl groups excluding tert-OH is 1. The Hall–Kier alpha value is -3.12. The number of aliphatic hydroxyl groups is 1. The summed E-state index contributed by atoms with van der Waals surface area (Å²) in [7, 11) is 0. The van der Waals surface area contributed by atoms with Gasteiger partial charge in [0, 0.05) is 18.7 Å². The minimum absolute atomic E-state index is 0.0754. The summed E-state index contributed by atoms with van der Waals surface area (Å²) in [6.07, 6.45) is 3.47. The van der Waals surface area contributed by atoms with Gasteiger partial charge in [-0.25, -0.2) is 4.68 Å². The van der Waals surface area contributed by atoms with Crippen LogP contribution < -0.4 is 10.1 Å². The van der Waals surface area contributed by atoms with Gasteiger partial charge in [0.15, 0.2) is 5.82 Å². The van der Waals surface area contributed by atoms with E-state index in [4.69, 9.17) is 14.9 Å². The summed E-state index contributed by atoms with van der Waals surface area (Å²) in [5, 5.41) is 17.3. The van der Waals surface area contributed by atoms with Gasteiger partial charge in [0.25, 0.3) is 0 Å². The van der Waals surface area contributed by atoms with E-state index >= 15 is 0 Å². The SMILES string of the molecule is CCOc1ccc([C@H]2C=C(c3ccc(C)cc3)Nc3nc(CCCO)nn32)cc1. The first-order chi connectivity index (χ1) is 14.2. The Morgan fingerprint density at radius 3 is 2.55 bits per heavy atom. The van der Waals surface area contributed by atoms with Gasteiger partial charge in [0.2, 0.25) is 5.95 Å². The van der Waals surface area contributed by atoms with Crippen molar-refractivity contribution in [3.8, 4) is 5.75 Å². The van der Waals surface area contributed by atoms with Crippen molar-refractivity contribution in [3.63, 3.8) is 0 Å². The van der Waals surface area contributed by atoms with Crippen LogP contribution in [0.25, 0.3) is 5.70 Å². The summed E-state index contributed by atoms with van der Waals surface area (Å²) in [4.78, 5) is 4.67. The van der Waals surface area contributed by atoms with Gasteiger partial charge in [-0.1, -0.05) is 42.0 Å². The average molecular weight is 390 g/mol. The standard InChI is InChI=1S/C23H26N4O2/c1-3-29-19-12-10-18(11-13-19)21-15-20(17-8-6-16(2)7-9-17)24-23-25-22(5-4-14-28)26-27(21)23/h6-13,15,21,28H,3-5,14H2,1-2H3,(H,24,25,26)/t21-/m1/s1. The molecule has 1 atom stereocenters. The monoisotopic (exact) mass is 390 g/mol. The van der Waals surface area contributed by atoms with Gasteiger partial charge in [0.1, 0.15) is 11.8 Å². The highest BCUT2D eigenvalue weighted by atomic mass is 16.5. The number of hydrogen-bond acceptors (Lipinski definition) is 5. The lowest BCUT2D eigenvalue weighted by molar-refractivity contribution is 0.287. The molecular weight excluding hydrogens is 364 g/mol. The Bertz CT molecular complexity index is 991. The van der Waals surface area contributed by atoms with Crippen LogP contribution in [0.1, 0.15) is 41.9 Å². The Balaban J connectivity index is 1.72. The molecule has 1 aliphatic heterocycles. The molecule has 0 spiro atoms. The summed E-state index contributed by atoms with van der Waals surface area (Å²) >= 11 is 0. The predicted molar refractivity (Wildman–Crippen MR) is 114 cm³/mol. The van der Waals surface area contributed by atoms with Crippen LogP contribution in [0, 0.1) is 6.92 Å². The first kappa shape index (κ1) is 19.2. The van der Waals surface area contributed by atoms with Crippen LogP contribution in [-0.4, -0.2) is 33.1 Å². The molecule has 0 aliphatic carbocycles. The third kappa shape index (κ3) is 4.17. The molecule has 0 saturated carbocycles. The highest BCUT2D eigenvalue weighted by molar-refractivity contribution is 5.77. The molecule has 150 valence electrons. The zero-order chi connectivity index (χ0) is 20.2. The molecule has 0 amide bonds. The first-order valence-electron chi connectivity index (χ1n) is 10.0. The molecule has 29 heavy (non-hydrogen) atoms. The number of anilines is 1. The van der Waals surface area contributed by atoms with E-state index in [0.717, 1.165) is 34.3 Å². The maximum absolute atomic E-state index is 9.14. The van der Waals surface area contributed by atoms with Crippen LogP contribution in [0.15, 0.2) is 54.6 Å². The van der Waals surface area contributed by atoms with Crippen molar-refractivity contribution >= 4 is 11.6 Å². The predicted octanol–water partition coefficient (Wildman–Crippen LogP) is 3.97. The lowest BCUT2D eigenvalue weighted by Gasteiger charge is -2.24. The fraction of sp³-hybridized carbons (Fsp3) is 0.304. The number of benzene rings is 2. The van der Waals surface area contributed by atoms with Crippen LogP contribution in [-0.2, 0) is 6.42 Å². The maximum atomic E-state index is 9.14. The third-order valence-corrected chi connectivity index (χ3v) is 4.96. The number of hydrogen-bond donors (Lipinski definition) is 2. The fourth-order valence-electron chi connectivity index (χ4n) is 3.45. The Morgan fingerprint density at radius 2 is 1.86 bits per heavy atom. The van der Waals surface area contributed by atoms with Crippen molar-refractivity contribution in [2.75, 3.05) is 18.5 Å². The highest BCUT2D eigenvalue weighted by Crippen LogP contribution is 2.33. The number of aryl methyl sites for hydroxylation is 2. The molecule has 4 rings (SSSR count). The Labute approximate surface area is 170 Å². The van der Waals surface area contributed by atoms with Crippen molar-refractivity contribution in [2.24, 2.45) is 0 Å². The molecule has 0 unspecified atom stereocenters. The van der Waals surface area contributed by atoms with E-state index in [-0.39, 0.29) is 12.6 Å². The van der Waals surface area contributed by atoms with Crippen molar-refractivity contribution in [3.05, 3.63) is 77.1 Å².